The van der Waals surface area contributed by atoms with Gasteiger partial charge in [0.25, 0.3) is 0 Å². The number of carbonyl (C=O) groups excluding carboxylic acids is 1. The Bertz CT molecular complexity index is 252. The summed E-state index contributed by atoms with van der Waals surface area (Å²) in [5, 5.41) is 5.97. The van der Waals surface area contributed by atoms with Gasteiger partial charge in [0.2, 0.25) is 0 Å². The van der Waals surface area contributed by atoms with Gasteiger partial charge in [-0.3, -0.25) is 0 Å². The van der Waals surface area contributed by atoms with Gasteiger partial charge in [-0.1, -0.05) is 26.2 Å². The Morgan fingerprint density at radius 3 is 2.60 bits per heavy atom. The monoisotopic (exact) mass is 283 g/mol. The van der Waals surface area contributed by atoms with Crippen molar-refractivity contribution in [3.8, 4) is 0 Å². The second-order valence-corrected chi connectivity index (χ2v) is 6.05. The molecule has 0 saturated carbocycles. The Hall–Kier alpha value is -0.770. The Balaban J connectivity index is 1.91. The van der Waals surface area contributed by atoms with Crippen molar-refractivity contribution in [2.45, 2.75) is 71.3 Å². The Morgan fingerprint density at radius 2 is 1.90 bits per heavy atom. The van der Waals surface area contributed by atoms with Crippen molar-refractivity contribution in [2.24, 2.45) is 0 Å². The first kappa shape index (κ1) is 17.3. The van der Waals surface area contributed by atoms with E-state index in [9.17, 15) is 4.79 Å². The number of hydrogen-bond acceptors (Lipinski definition) is 2. The highest BCUT2D eigenvalue weighted by atomic mass is 16.2. The minimum absolute atomic E-state index is 0.00447. The van der Waals surface area contributed by atoms with Gasteiger partial charge < -0.3 is 15.5 Å². The first-order chi connectivity index (χ1) is 9.72. The molecule has 4 heteroatoms. The molecule has 0 aliphatic carbocycles. The number of nitrogens with one attached hydrogen (secondary N) is 2. The lowest BCUT2D eigenvalue weighted by Gasteiger charge is -2.15. The molecule has 1 rings (SSSR count). The second kappa shape index (κ2) is 11.0. The van der Waals surface area contributed by atoms with Crippen molar-refractivity contribution in [2.75, 3.05) is 26.2 Å². The molecule has 0 bridgehead atoms. The van der Waals surface area contributed by atoms with Crippen molar-refractivity contribution in [1.29, 1.82) is 0 Å². The largest absolute Gasteiger partial charge is 0.338 e. The van der Waals surface area contributed by atoms with Gasteiger partial charge in [-0.15, -0.1) is 0 Å². The average Bonchev–Trinajstić information content (AvgIpc) is 2.91. The smallest absolute Gasteiger partial charge is 0.314 e. The first-order valence-electron chi connectivity index (χ1n) is 8.49. The van der Waals surface area contributed by atoms with Crippen LogP contribution in [-0.4, -0.2) is 43.2 Å². The highest BCUT2D eigenvalue weighted by Crippen LogP contribution is 2.07. The van der Waals surface area contributed by atoms with Crippen molar-refractivity contribution in [3.05, 3.63) is 0 Å². The van der Waals surface area contributed by atoms with Crippen LogP contribution in [0.2, 0.25) is 0 Å². The van der Waals surface area contributed by atoms with Crippen molar-refractivity contribution in [3.63, 3.8) is 0 Å². The summed E-state index contributed by atoms with van der Waals surface area (Å²) in [5.41, 5.74) is 0. The van der Waals surface area contributed by atoms with E-state index >= 15 is 0 Å². The molecule has 1 aliphatic rings. The molecule has 118 valence electrons. The molecular formula is C16H33N3O. The van der Waals surface area contributed by atoms with Gasteiger partial charge in [0, 0.05) is 12.6 Å². The molecule has 20 heavy (non-hydrogen) atoms. The predicted octanol–water partition coefficient (Wildman–Crippen LogP) is 3.13. The lowest BCUT2D eigenvalue weighted by atomic mass is 10.1. The molecule has 1 heterocycles. The van der Waals surface area contributed by atoms with Crippen LogP contribution in [0, 0.1) is 0 Å². The number of hydrogen-bond donors (Lipinski definition) is 2. The van der Waals surface area contributed by atoms with E-state index in [2.05, 4.69) is 29.4 Å². The summed E-state index contributed by atoms with van der Waals surface area (Å²) in [5.74, 6) is 0. The van der Waals surface area contributed by atoms with Crippen LogP contribution in [0.25, 0.3) is 0 Å². The Morgan fingerprint density at radius 1 is 1.15 bits per heavy atom. The van der Waals surface area contributed by atoms with Crippen LogP contribution < -0.4 is 10.6 Å². The molecule has 0 spiro atoms. The maximum absolute atomic E-state index is 11.7. The first-order valence-corrected chi connectivity index (χ1v) is 8.49. The lowest BCUT2D eigenvalue weighted by Crippen LogP contribution is -2.41. The number of unbranched alkanes of at least 4 members (excludes halogenated alkanes) is 3. The molecule has 1 fully saturated rings. The number of carbonyl (C=O) groups is 1. The summed E-state index contributed by atoms with van der Waals surface area (Å²) >= 11 is 0. The van der Waals surface area contributed by atoms with E-state index in [-0.39, 0.29) is 12.1 Å². The zero-order valence-electron chi connectivity index (χ0n) is 13.4. The number of likely N-dealkylation sites (tertiary alicyclic amines) is 1. The van der Waals surface area contributed by atoms with Crippen LogP contribution in [0.5, 0.6) is 0 Å². The Kier molecular flexibility index (Phi) is 9.46. The van der Waals surface area contributed by atoms with Gasteiger partial charge in [0.1, 0.15) is 0 Å². The fourth-order valence-electron chi connectivity index (χ4n) is 2.72. The zero-order valence-corrected chi connectivity index (χ0v) is 13.4. The zero-order chi connectivity index (χ0) is 14.6. The summed E-state index contributed by atoms with van der Waals surface area (Å²) in [7, 11) is 0. The number of rotatable bonds is 10. The maximum Gasteiger partial charge on any atom is 0.314 e. The molecule has 1 aliphatic heterocycles. The molecule has 0 radical (unpaired) electrons. The number of urea groups is 1. The van der Waals surface area contributed by atoms with Crippen LogP contribution in [0.15, 0.2) is 0 Å². The molecule has 2 N–H and O–H groups in total. The van der Waals surface area contributed by atoms with Gasteiger partial charge in [-0.2, -0.15) is 0 Å². The molecule has 0 aromatic heterocycles. The van der Waals surface area contributed by atoms with E-state index in [1.54, 1.807) is 0 Å². The highest BCUT2D eigenvalue weighted by molar-refractivity contribution is 5.74. The van der Waals surface area contributed by atoms with Crippen LogP contribution in [0.3, 0.4) is 0 Å². The molecular weight excluding hydrogens is 250 g/mol. The predicted molar refractivity (Wildman–Crippen MR) is 85.0 cm³/mol. The average molecular weight is 283 g/mol. The molecule has 1 unspecified atom stereocenters. The molecule has 1 saturated heterocycles. The third-order valence-electron chi connectivity index (χ3n) is 4.00. The third-order valence-corrected chi connectivity index (χ3v) is 4.00. The Labute approximate surface area is 124 Å². The topological polar surface area (TPSA) is 44.4 Å². The summed E-state index contributed by atoms with van der Waals surface area (Å²) in [6, 6.07) is 0.279. The molecule has 1 atom stereocenters. The van der Waals surface area contributed by atoms with Gasteiger partial charge in [-0.05, 0) is 58.7 Å². The summed E-state index contributed by atoms with van der Waals surface area (Å²) in [6.45, 7) is 8.81. The summed E-state index contributed by atoms with van der Waals surface area (Å²) in [4.78, 5) is 14.2. The third kappa shape index (κ3) is 8.41. The maximum atomic E-state index is 11.7. The lowest BCUT2D eigenvalue weighted by molar-refractivity contribution is 0.236. The molecule has 2 amide bonds. The van der Waals surface area contributed by atoms with E-state index in [4.69, 9.17) is 0 Å². The fourth-order valence-corrected chi connectivity index (χ4v) is 2.72. The van der Waals surface area contributed by atoms with E-state index in [0.717, 1.165) is 19.4 Å². The van der Waals surface area contributed by atoms with Crippen molar-refractivity contribution >= 4 is 6.03 Å². The normalized spacial score (nSPS) is 17.1. The van der Waals surface area contributed by atoms with E-state index in [1.807, 2.05) is 0 Å². The number of amides is 2. The van der Waals surface area contributed by atoms with Crippen LogP contribution in [-0.2, 0) is 0 Å². The quantitative estimate of drug-likeness (QED) is 0.605. The van der Waals surface area contributed by atoms with E-state index in [1.165, 1.54) is 58.2 Å². The minimum atomic E-state index is -0.00447. The molecule has 0 aromatic carbocycles. The van der Waals surface area contributed by atoms with Crippen molar-refractivity contribution in [1.82, 2.24) is 15.5 Å². The highest BCUT2D eigenvalue weighted by Gasteiger charge is 2.10. The van der Waals surface area contributed by atoms with Crippen LogP contribution in [0.1, 0.15) is 65.2 Å². The molecule has 0 aromatic rings. The van der Waals surface area contributed by atoms with Crippen molar-refractivity contribution < 1.29 is 4.79 Å². The minimum Gasteiger partial charge on any atom is -0.338 e. The van der Waals surface area contributed by atoms with Gasteiger partial charge in [0.15, 0.2) is 0 Å². The second-order valence-electron chi connectivity index (χ2n) is 6.05. The van der Waals surface area contributed by atoms with Crippen LogP contribution >= 0.6 is 0 Å². The van der Waals surface area contributed by atoms with Gasteiger partial charge >= 0.3 is 6.03 Å². The van der Waals surface area contributed by atoms with Crippen LogP contribution in [0.4, 0.5) is 4.79 Å². The number of nitrogens with zero attached hydrogens (tertiary/aromatic N) is 1. The molecule has 4 nitrogen and oxygen atoms in total. The van der Waals surface area contributed by atoms with Gasteiger partial charge in [-0.25, -0.2) is 4.79 Å². The standard InChI is InChI=1S/C16H33N3O/c1-3-4-5-10-15(2)18-16(20)17-11-6-7-12-19-13-8-9-14-19/h15H,3-14H2,1-2H3,(H2,17,18,20). The van der Waals surface area contributed by atoms with E-state index < -0.39 is 0 Å². The summed E-state index contributed by atoms with van der Waals surface area (Å²) < 4.78 is 0. The van der Waals surface area contributed by atoms with E-state index in [0.29, 0.717) is 0 Å². The fraction of sp³-hybridized carbons (Fsp3) is 0.938. The van der Waals surface area contributed by atoms with Gasteiger partial charge in [0.05, 0.1) is 0 Å². The summed E-state index contributed by atoms with van der Waals surface area (Å²) in [6.07, 6.45) is 9.75. The SMILES string of the molecule is CCCCCC(C)NC(=O)NCCCCN1CCCC1.